The first-order valence-corrected chi connectivity index (χ1v) is 8.73. The van der Waals surface area contributed by atoms with Crippen LogP contribution in [-0.4, -0.2) is 13.1 Å². The molecule has 0 aliphatic rings. The van der Waals surface area contributed by atoms with Gasteiger partial charge < -0.3 is 5.32 Å². The van der Waals surface area contributed by atoms with Gasteiger partial charge in [-0.15, -0.1) is 0 Å². The molecule has 0 aliphatic heterocycles. The van der Waals surface area contributed by atoms with E-state index in [0.717, 1.165) is 19.5 Å². The van der Waals surface area contributed by atoms with Gasteiger partial charge in [-0.25, -0.2) is 0 Å². The lowest BCUT2D eigenvalue weighted by atomic mass is 9.92. The summed E-state index contributed by atoms with van der Waals surface area (Å²) in [7, 11) is 0. The van der Waals surface area contributed by atoms with Crippen LogP contribution in [-0.2, 0) is 6.42 Å². The van der Waals surface area contributed by atoms with Crippen LogP contribution in [0.1, 0.15) is 30.9 Å². The average Bonchev–Trinajstić information content (AvgIpc) is 2.49. The summed E-state index contributed by atoms with van der Waals surface area (Å²) < 4.78 is 1.30. The summed E-state index contributed by atoms with van der Waals surface area (Å²) in [5, 5.41) is 3.61. The van der Waals surface area contributed by atoms with Gasteiger partial charge in [-0.1, -0.05) is 56.3 Å². The molecule has 0 bridgehead atoms. The molecule has 1 unspecified atom stereocenters. The van der Waals surface area contributed by atoms with E-state index in [2.05, 4.69) is 96.4 Å². The maximum atomic E-state index is 3.61. The lowest BCUT2D eigenvalue weighted by Crippen LogP contribution is -2.26. The molecule has 1 nitrogen and oxygen atoms in total. The van der Waals surface area contributed by atoms with E-state index in [-0.39, 0.29) is 0 Å². The molecule has 0 spiro atoms. The van der Waals surface area contributed by atoms with Crippen molar-refractivity contribution in [3.8, 4) is 0 Å². The normalized spacial score (nSPS) is 12.6. The van der Waals surface area contributed by atoms with Gasteiger partial charge in [0.25, 0.3) is 0 Å². The van der Waals surface area contributed by atoms with Crippen molar-refractivity contribution in [2.24, 2.45) is 5.92 Å². The average molecular weight is 393 g/mol. The third kappa shape index (κ3) is 5.79. The quantitative estimate of drug-likeness (QED) is 0.663. The van der Waals surface area contributed by atoms with E-state index in [1.54, 1.807) is 0 Å². The zero-order valence-corrected chi connectivity index (χ0v) is 15.0. The van der Waals surface area contributed by atoms with Crippen LogP contribution in [0.2, 0.25) is 0 Å². The van der Waals surface area contributed by atoms with Crippen molar-refractivity contribution in [2.45, 2.75) is 26.2 Å². The Morgan fingerprint density at radius 1 is 0.905 bits per heavy atom. The molecule has 1 atom stereocenters. The number of hydrogen-bond acceptors (Lipinski definition) is 1. The largest absolute Gasteiger partial charge is 0.316 e. The molecule has 0 saturated carbocycles. The zero-order chi connectivity index (χ0) is 15.1. The molecule has 0 fully saturated rings. The molecule has 0 amide bonds. The fraction of sp³-hybridized carbons (Fsp3) is 0.368. The Kier molecular flexibility index (Phi) is 6.71. The van der Waals surface area contributed by atoms with E-state index < -0.39 is 0 Å². The van der Waals surface area contributed by atoms with Crippen LogP contribution in [0.3, 0.4) is 0 Å². The predicted molar refractivity (Wildman–Crippen MR) is 99.8 cm³/mol. The molecule has 112 valence electrons. The first-order valence-electron chi connectivity index (χ1n) is 7.65. The molecule has 0 aromatic heterocycles. The predicted octanol–water partition coefficient (Wildman–Crippen LogP) is 4.86. The van der Waals surface area contributed by atoms with Crippen molar-refractivity contribution < 1.29 is 0 Å². The summed E-state index contributed by atoms with van der Waals surface area (Å²) in [6.45, 7) is 6.62. The monoisotopic (exact) mass is 393 g/mol. The fourth-order valence-corrected chi connectivity index (χ4v) is 2.84. The molecule has 1 N–H and O–H groups in total. The highest BCUT2D eigenvalue weighted by Gasteiger charge is 2.12. The number of nitrogens with one attached hydrogen (secondary N) is 1. The standard InChI is InChI=1S/C19H24IN/c1-15(2)13-21-14-18(17-6-4-3-5-7-17)12-16-8-10-19(20)11-9-16/h3-11,15,18,21H,12-14H2,1-2H3. The van der Waals surface area contributed by atoms with E-state index in [1.807, 2.05) is 0 Å². The molecule has 0 aliphatic carbocycles. The summed E-state index contributed by atoms with van der Waals surface area (Å²) >= 11 is 2.36. The van der Waals surface area contributed by atoms with Gasteiger partial charge in [-0.05, 0) is 64.7 Å². The third-order valence-electron chi connectivity index (χ3n) is 3.61. The molecule has 21 heavy (non-hydrogen) atoms. The molecule has 2 heteroatoms. The van der Waals surface area contributed by atoms with Crippen LogP contribution in [0.4, 0.5) is 0 Å². The van der Waals surface area contributed by atoms with Gasteiger partial charge in [0, 0.05) is 16.0 Å². The van der Waals surface area contributed by atoms with Crippen LogP contribution in [0.25, 0.3) is 0 Å². The topological polar surface area (TPSA) is 12.0 Å². The van der Waals surface area contributed by atoms with Crippen LogP contribution < -0.4 is 5.32 Å². The number of rotatable bonds is 7. The fourth-order valence-electron chi connectivity index (χ4n) is 2.48. The maximum Gasteiger partial charge on any atom is 0.0130 e. The molecule has 2 rings (SSSR count). The van der Waals surface area contributed by atoms with Crippen molar-refractivity contribution in [3.63, 3.8) is 0 Å². The molecule has 2 aromatic rings. The van der Waals surface area contributed by atoms with Gasteiger partial charge in [0.15, 0.2) is 0 Å². The SMILES string of the molecule is CC(C)CNCC(Cc1ccc(I)cc1)c1ccccc1. The van der Waals surface area contributed by atoms with Crippen LogP contribution >= 0.6 is 22.6 Å². The number of hydrogen-bond donors (Lipinski definition) is 1. The van der Waals surface area contributed by atoms with Gasteiger partial charge in [-0.2, -0.15) is 0 Å². The van der Waals surface area contributed by atoms with Gasteiger partial charge in [0.2, 0.25) is 0 Å². The summed E-state index contributed by atoms with van der Waals surface area (Å²) in [5.74, 6) is 1.23. The highest BCUT2D eigenvalue weighted by Crippen LogP contribution is 2.21. The first-order chi connectivity index (χ1) is 10.1. The minimum atomic E-state index is 0.532. The summed E-state index contributed by atoms with van der Waals surface area (Å²) in [6.07, 6.45) is 1.09. The van der Waals surface area contributed by atoms with Gasteiger partial charge >= 0.3 is 0 Å². The highest BCUT2D eigenvalue weighted by molar-refractivity contribution is 14.1. The summed E-state index contributed by atoms with van der Waals surface area (Å²) in [5.41, 5.74) is 2.84. The van der Waals surface area contributed by atoms with Crippen molar-refractivity contribution in [2.75, 3.05) is 13.1 Å². The Morgan fingerprint density at radius 3 is 2.19 bits per heavy atom. The molecule has 2 aromatic carbocycles. The second-order valence-corrected chi connectivity index (χ2v) is 7.24. The zero-order valence-electron chi connectivity index (χ0n) is 12.9. The molecular formula is C19H24IN. The Hall–Kier alpha value is -0.870. The Bertz CT molecular complexity index is 519. The molecule has 0 heterocycles. The van der Waals surface area contributed by atoms with Crippen molar-refractivity contribution in [1.82, 2.24) is 5.32 Å². The summed E-state index contributed by atoms with van der Waals surface area (Å²) in [6, 6.07) is 19.7. The Balaban J connectivity index is 2.06. The Morgan fingerprint density at radius 2 is 1.57 bits per heavy atom. The molecule has 0 saturated heterocycles. The van der Waals surface area contributed by atoms with Crippen molar-refractivity contribution in [1.29, 1.82) is 0 Å². The van der Waals surface area contributed by atoms with E-state index >= 15 is 0 Å². The minimum Gasteiger partial charge on any atom is -0.316 e. The van der Waals surface area contributed by atoms with Gasteiger partial charge in [-0.3, -0.25) is 0 Å². The third-order valence-corrected chi connectivity index (χ3v) is 4.33. The maximum absolute atomic E-state index is 3.61. The first kappa shape index (κ1) is 16.5. The lowest BCUT2D eigenvalue weighted by Gasteiger charge is -2.19. The summed E-state index contributed by atoms with van der Waals surface area (Å²) in [4.78, 5) is 0. The number of benzene rings is 2. The lowest BCUT2D eigenvalue weighted by molar-refractivity contribution is 0.514. The van der Waals surface area contributed by atoms with Crippen molar-refractivity contribution in [3.05, 3.63) is 69.3 Å². The second-order valence-electron chi connectivity index (χ2n) is 5.99. The number of halogens is 1. The van der Waals surface area contributed by atoms with Crippen molar-refractivity contribution >= 4 is 22.6 Å². The van der Waals surface area contributed by atoms with Crippen LogP contribution in [0, 0.1) is 9.49 Å². The molecular weight excluding hydrogens is 369 g/mol. The van der Waals surface area contributed by atoms with Gasteiger partial charge in [0.05, 0.1) is 0 Å². The van der Waals surface area contributed by atoms with Crippen LogP contribution in [0.15, 0.2) is 54.6 Å². The molecule has 0 radical (unpaired) electrons. The van der Waals surface area contributed by atoms with E-state index in [1.165, 1.54) is 14.7 Å². The van der Waals surface area contributed by atoms with E-state index in [0.29, 0.717) is 11.8 Å². The van der Waals surface area contributed by atoms with E-state index in [9.17, 15) is 0 Å². The van der Waals surface area contributed by atoms with Gasteiger partial charge in [0.1, 0.15) is 0 Å². The Labute approximate surface area is 142 Å². The second kappa shape index (κ2) is 8.54. The van der Waals surface area contributed by atoms with Crippen LogP contribution in [0.5, 0.6) is 0 Å². The smallest absolute Gasteiger partial charge is 0.0130 e. The highest BCUT2D eigenvalue weighted by atomic mass is 127. The minimum absolute atomic E-state index is 0.532. The van der Waals surface area contributed by atoms with E-state index in [4.69, 9.17) is 0 Å².